The van der Waals surface area contributed by atoms with Gasteiger partial charge in [-0.15, -0.1) is 0 Å². The summed E-state index contributed by atoms with van der Waals surface area (Å²) in [7, 11) is 0. The molecule has 0 aliphatic carbocycles. The third-order valence-electron chi connectivity index (χ3n) is 2.86. The lowest BCUT2D eigenvalue weighted by atomic mass is 10.1. The molecule has 8 heteroatoms. The number of hydrogen-bond donors (Lipinski definition) is 2. The van der Waals surface area contributed by atoms with Crippen molar-refractivity contribution in [2.75, 3.05) is 5.32 Å². The molecule has 1 saturated heterocycles. The van der Waals surface area contributed by atoms with E-state index in [1.165, 1.54) is 6.07 Å². The molecule has 108 valence electrons. The van der Waals surface area contributed by atoms with Crippen LogP contribution in [0.15, 0.2) is 22.7 Å². The van der Waals surface area contributed by atoms with Crippen LogP contribution in [-0.2, 0) is 15.8 Å². The molecule has 2 rings (SSSR count). The number of rotatable bonds is 2. The van der Waals surface area contributed by atoms with E-state index in [0.717, 1.165) is 12.1 Å². The SMILES string of the molecule is O=C1CCC(C(=O)Nc2cc(C(F)(F)F)ccc2Br)N1. The zero-order chi connectivity index (χ0) is 14.9. The molecule has 0 bridgehead atoms. The van der Waals surface area contributed by atoms with E-state index in [1.807, 2.05) is 0 Å². The Morgan fingerprint density at radius 1 is 1.40 bits per heavy atom. The van der Waals surface area contributed by atoms with Gasteiger partial charge in [0.2, 0.25) is 11.8 Å². The molecule has 1 unspecified atom stereocenters. The van der Waals surface area contributed by atoms with Gasteiger partial charge in [-0.1, -0.05) is 0 Å². The van der Waals surface area contributed by atoms with Gasteiger partial charge < -0.3 is 10.6 Å². The fourth-order valence-corrected chi connectivity index (χ4v) is 2.17. The third kappa shape index (κ3) is 3.30. The summed E-state index contributed by atoms with van der Waals surface area (Å²) >= 11 is 3.08. The van der Waals surface area contributed by atoms with Crippen molar-refractivity contribution in [3.63, 3.8) is 0 Å². The summed E-state index contributed by atoms with van der Waals surface area (Å²) in [5.41, 5.74) is -0.836. The van der Waals surface area contributed by atoms with Crippen LogP contribution in [0.3, 0.4) is 0 Å². The first-order valence-electron chi connectivity index (χ1n) is 5.74. The maximum Gasteiger partial charge on any atom is 0.416 e. The fourth-order valence-electron chi connectivity index (χ4n) is 1.83. The lowest BCUT2D eigenvalue weighted by Gasteiger charge is -2.14. The zero-order valence-electron chi connectivity index (χ0n) is 10.1. The number of benzene rings is 1. The summed E-state index contributed by atoms with van der Waals surface area (Å²) in [6.45, 7) is 0. The molecule has 1 fully saturated rings. The van der Waals surface area contributed by atoms with Crippen molar-refractivity contribution >= 4 is 33.4 Å². The number of amides is 2. The van der Waals surface area contributed by atoms with Crippen LogP contribution in [0.5, 0.6) is 0 Å². The topological polar surface area (TPSA) is 58.2 Å². The number of nitrogens with one attached hydrogen (secondary N) is 2. The number of alkyl halides is 3. The standard InChI is InChI=1S/C12H10BrF3N2O2/c13-7-2-1-6(12(14,15)16)5-9(7)18-11(20)8-3-4-10(19)17-8/h1-2,5,8H,3-4H2,(H,17,19)(H,18,20). The minimum Gasteiger partial charge on any atom is -0.344 e. The molecule has 1 aromatic rings. The van der Waals surface area contributed by atoms with E-state index in [9.17, 15) is 22.8 Å². The Balaban J connectivity index is 2.16. The van der Waals surface area contributed by atoms with Gasteiger partial charge in [-0.05, 0) is 40.5 Å². The monoisotopic (exact) mass is 350 g/mol. The van der Waals surface area contributed by atoms with Gasteiger partial charge in [0.05, 0.1) is 11.3 Å². The summed E-state index contributed by atoms with van der Waals surface area (Å²) in [6, 6.07) is 2.27. The maximum atomic E-state index is 12.6. The average Bonchev–Trinajstić information content (AvgIpc) is 2.77. The van der Waals surface area contributed by atoms with Gasteiger partial charge in [-0.25, -0.2) is 0 Å². The molecule has 2 N–H and O–H groups in total. The normalized spacial score (nSPS) is 18.8. The Morgan fingerprint density at radius 3 is 2.65 bits per heavy atom. The van der Waals surface area contributed by atoms with Crippen molar-refractivity contribution in [3.8, 4) is 0 Å². The van der Waals surface area contributed by atoms with Crippen molar-refractivity contribution < 1.29 is 22.8 Å². The summed E-state index contributed by atoms with van der Waals surface area (Å²) in [5.74, 6) is -0.774. The number of halogens is 4. The molecule has 0 radical (unpaired) electrons. The third-order valence-corrected chi connectivity index (χ3v) is 3.55. The van der Waals surface area contributed by atoms with E-state index in [-0.39, 0.29) is 18.0 Å². The molecule has 0 spiro atoms. The van der Waals surface area contributed by atoms with E-state index < -0.39 is 23.7 Å². The highest BCUT2D eigenvalue weighted by atomic mass is 79.9. The van der Waals surface area contributed by atoms with E-state index in [0.29, 0.717) is 10.9 Å². The highest BCUT2D eigenvalue weighted by Gasteiger charge is 2.32. The van der Waals surface area contributed by atoms with Crippen LogP contribution in [0.25, 0.3) is 0 Å². The molecule has 4 nitrogen and oxygen atoms in total. The van der Waals surface area contributed by atoms with E-state index >= 15 is 0 Å². The average molecular weight is 351 g/mol. The minimum absolute atomic E-state index is 0.0194. The summed E-state index contributed by atoms with van der Waals surface area (Å²) < 4.78 is 38.1. The molecule has 20 heavy (non-hydrogen) atoms. The van der Waals surface area contributed by atoms with E-state index in [1.54, 1.807) is 0 Å². The molecule has 2 amide bonds. The minimum atomic E-state index is -4.48. The van der Waals surface area contributed by atoms with Gasteiger partial charge in [0.25, 0.3) is 0 Å². The van der Waals surface area contributed by atoms with Crippen LogP contribution in [0.4, 0.5) is 18.9 Å². The highest BCUT2D eigenvalue weighted by molar-refractivity contribution is 9.10. The Bertz CT molecular complexity index is 560. The predicted octanol–water partition coefficient (Wildman–Crippen LogP) is 2.69. The lowest BCUT2D eigenvalue weighted by Crippen LogP contribution is -2.37. The van der Waals surface area contributed by atoms with Crippen LogP contribution < -0.4 is 10.6 Å². The molecule has 0 aromatic heterocycles. The molecule has 0 saturated carbocycles. The maximum absolute atomic E-state index is 12.6. The van der Waals surface area contributed by atoms with Crippen molar-refractivity contribution in [2.45, 2.75) is 25.1 Å². The largest absolute Gasteiger partial charge is 0.416 e. The smallest absolute Gasteiger partial charge is 0.344 e. The lowest BCUT2D eigenvalue weighted by molar-refractivity contribution is -0.137. The first-order valence-corrected chi connectivity index (χ1v) is 6.53. The Morgan fingerprint density at radius 2 is 2.10 bits per heavy atom. The first-order chi connectivity index (χ1) is 9.27. The van der Waals surface area contributed by atoms with E-state index in [4.69, 9.17) is 0 Å². The zero-order valence-corrected chi connectivity index (χ0v) is 11.6. The van der Waals surface area contributed by atoms with Crippen LogP contribution in [0, 0.1) is 0 Å². The quantitative estimate of drug-likeness (QED) is 0.861. The molecule has 1 atom stereocenters. The summed E-state index contributed by atoms with van der Waals surface area (Å²) in [4.78, 5) is 22.9. The van der Waals surface area contributed by atoms with Crippen LogP contribution in [0.2, 0.25) is 0 Å². The first kappa shape index (κ1) is 14.8. The highest BCUT2D eigenvalue weighted by Crippen LogP contribution is 2.34. The van der Waals surface area contributed by atoms with Crippen LogP contribution in [-0.4, -0.2) is 17.9 Å². The van der Waals surface area contributed by atoms with E-state index in [2.05, 4.69) is 26.6 Å². The second kappa shape index (κ2) is 5.43. The number of anilines is 1. The summed E-state index contributed by atoms with van der Waals surface area (Å²) in [6.07, 6.45) is -3.91. The number of carbonyl (C=O) groups excluding carboxylic acids is 2. The van der Waals surface area contributed by atoms with Gasteiger partial charge in [-0.3, -0.25) is 9.59 Å². The summed E-state index contributed by atoms with van der Waals surface area (Å²) in [5, 5.41) is 4.83. The molecule has 1 aromatic carbocycles. The second-order valence-corrected chi connectivity index (χ2v) is 5.19. The number of hydrogen-bond acceptors (Lipinski definition) is 2. The van der Waals surface area contributed by atoms with Gasteiger partial charge in [0.15, 0.2) is 0 Å². The molecule has 1 aliphatic rings. The van der Waals surface area contributed by atoms with Crippen LogP contribution >= 0.6 is 15.9 Å². The Hall–Kier alpha value is -1.57. The Labute approximate surface area is 120 Å². The van der Waals surface area contributed by atoms with Crippen molar-refractivity contribution in [1.29, 1.82) is 0 Å². The molecule has 1 aliphatic heterocycles. The van der Waals surface area contributed by atoms with Crippen molar-refractivity contribution in [3.05, 3.63) is 28.2 Å². The predicted molar refractivity (Wildman–Crippen MR) is 68.9 cm³/mol. The molecular formula is C12H10BrF3N2O2. The van der Waals surface area contributed by atoms with Crippen LogP contribution in [0.1, 0.15) is 18.4 Å². The number of carbonyl (C=O) groups is 2. The van der Waals surface area contributed by atoms with Gasteiger partial charge in [0.1, 0.15) is 6.04 Å². The van der Waals surface area contributed by atoms with Gasteiger partial charge in [0, 0.05) is 10.9 Å². The van der Waals surface area contributed by atoms with Crippen molar-refractivity contribution in [2.24, 2.45) is 0 Å². The van der Waals surface area contributed by atoms with Gasteiger partial charge in [-0.2, -0.15) is 13.2 Å². The van der Waals surface area contributed by atoms with Crippen molar-refractivity contribution in [1.82, 2.24) is 5.32 Å². The van der Waals surface area contributed by atoms with Gasteiger partial charge >= 0.3 is 6.18 Å². The molecular weight excluding hydrogens is 341 g/mol. The Kier molecular flexibility index (Phi) is 4.03. The second-order valence-electron chi connectivity index (χ2n) is 4.34. The molecule has 1 heterocycles. The fraction of sp³-hybridized carbons (Fsp3) is 0.333.